The van der Waals surface area contributed by atoms with Crippen LogP contribution < -0.4 is 11.1 Å². The first-order valence-electron chi connectivity index (χ1n) is 5.45. The normalized spacial score (nSPS) is 10.3. The Bertz CT molecular complexity index is 539. The molecule has 0 aliphatic rings. The Hall–Kier alpha value is -2.21. The summed E-state index contributed by atoms with van der Waals surface area (Å²) >= 11 is 0. The van der Waals surface area contributed by atoms with Crippen LogP contribution in [0, 0.1) is 5.82 Å². The van der Waals surface area contributed by atoms with Crippen molar-refractivity contribution >= 4 is 5.91 Å². The third-order valence-electron chi connectivity index (χ3n) is 2.55. The van der Waals surface area contributed by atoms with Gasteiger partial charge in [-0.3, -0.25) is 9.89 Å². The van der Waals surface area contributed by atoms with Crippen LogP contribution in [-0.4, -0.2) is 16.1 Å². The molecule has 18 heavy (non-hydrogen) atoms. The van der Waals surface area contributed by atoms with E-state index in [1.165, 1.54) is 18.5 Å². The highest BCUT2D eigenvalue weighted by Crippen LogP contribution is 2.10. The molecule has 1 amide bonds. The second-order valence-corrected chi connectivity index (χ2v) is 3.80. The summed E-state index contributed by atoms with van der Waals surface area (Å²) in [4.78, 5) is 11.6. The Morgan fingerprint density at radius 1 is 1.50 bits per heavy atom. The van der Waals surface area contributed by atoms with E-state index in [1.807, 2.05) is 0 Å². The molecular formula is C12H13FN4O. The molecule has 0 aliphatic heterocycles. The van der Waals surface area contributed by atoms with Crippen molar-refractivity contribution in [1.82, 2.24) is 15.5 Å². The number of nitrogens with two attached hydrogens (primary N) is 1. The van der Waals surface area contributed by atoms with Crippen molar-refractivity contribution in [1.29, 1.82) is 0 Å². The Morgan fingerprint density at radius 3 is 2.94 bits per heavy atom. The number of rotatable bonds is 4. The number of aromatic nitrogens is 2. The first kappa shape index (κ1) is 12.3. The molecule has 0 unspecified atom stereocenters. The van der Waals surface area contributed by atoms with Crippen LogP contribution in [0.4, 0.5) is 4.39 Å². The van der Waals surface area contributed by atoms with Gasteiger partial charge in [0, 0.05) is 24.8 Å². The van der Waals surface area contributed by atoms with E-state index in [4.69, 9.17) is 5.73 Å². The summed E-state index contributed by atoms with van der Waals surface area (Å²) in [6, 6.07) is 4.73. The molecule has 5 nitrogen and oxygen atoms in total. The zero-order chi connectivity index (χ0) is 13.0. The van der Waals surface area contributed by atoms with E-state index in [2.05, 4.69) is 15.5 Å². The van der Waals surface area contributed by atoms with Crippen LogP contribution in [0.5, 0.6) is 0 Å². The van der Waals surface area contributed by atoms with Gasteiger partial charge in [-0.05, 0) is 11.6 Å². The highest BCUT2D eigenvalue weighted by atomic mass is 19.1. The average molecular weight is 248 g/mol. The summed E-state index contributed by atoms with van der Waals surface area (Å²) in [6.45, 7) is 0.416. The van der Waals surface area contributed by atoms with Crippen molar-refractivity contribution in [2.24, 2.45) is 5.73 Å². The number of benzene rings is 1. The topological polar surface area (TPSA) is 83.8 Å². The maximum absolute atomic E-state index is 13.6. The van der Waals surface area contributed by atoms with Gasteiger partial charge in [-0.2, -0.15) is 5.10 Å². The summed E-state index contributed by atoms with van der Waals surface area (Å²) in [5, 5.41) is 8.81. The molecule has 0 bridgehead atoms. The Balaban J connectivity index is 2.00. The van der Waals surface area contributed by atoms with E-state index >= 15 is 0 Å². The zero-order valence-electron chi connectivity index (χ0n) is 9.61. The summed E-state index contributed by atoms with van der Waals surface area (Å²) in [7, 11) is 0. The van der Waals surface area contributed by atoms with Crippen molar-refractivity contribution in [3.05, 3.63) is 53.1 Å². The van der Waals surface area contributed by atoms with Crippen molar-refractivity contribution in [3.8, 4) is 0 Å². The van der Waals surface area contributed by atoms with Crippen LogP contribution in [0.3, 0.4) is 0 Å². The molecular weight excluding hydrogens is 235 g/mol. The van der Waals surface area contributed by atoms with Gasteiger partial charge < -0.3 is 11.1 Å². The number of hydrogen-bond acceptors (Lipinski definition) is 3. The standard InChI is InChI=1S/C12H13FN4O/c13-11-3-8(4-14)1-2-9(11)5-15-12(18)10-6-16-17-7-10/h1-3,6-7H,4-5,14H2,(H,15,18)(H,16,17). The molecule has 6 heteroatoms. The minimum absolute atomic E-state index is 0.126. The van der Waals surface area contributed by atoms with Gasteiger partial charge in [-0.25, -0.2) is 4.39 Å². The first-order chi connectivity index (χ1) is 8.70. The van der Waals surface area contributed by atoms with E-state index in [9.17, 15) is 9.18 Å². The second kappa shape index (κ2) is 5.42. The van der Waals surface area contributed by atoms with Gasteiger partial charge in [0.25, 0.3) is 5.91 Å². The van der Waals surface area contributed by atoms with Gasteiger partial charge in [0.2, 0.25) is 0 Å². The number of H-pyrrole nitrogens is 1. The van der Waals surface area contributed by atoms with Crippen molar-refractivity contribution in [2.45, 2.75) is 13.1 Å². The highest BCUT2D eigenvalue weighted by Gasteiger charge is 2.08. The highest BCUT2D eigenvalue weighted by molar-refractivity contribution is 5.93. The number of carbonyl (C=O) groups is 1. The predicted molar refractivity (Wildman–Crippen MR) is 64.0 cm³/mol. The molecule has 4 N–H and O–H groups in total. The van der Waals surface area contributed by atoms with E-state index in [1.54, 1.807) is 12.1 Å². The number of nitrogens with one attached hydrogen (secondary N) is 2. The van der Waals surface area contributed by atoms with E-state index in [0.29, 0.717) is 17.7 Å². The number of nitrogens with zero attached hydrogens (tertiary/aromatic N) is 1. The van der Waals surface area contributed by atoms with Gasteiger partial charge in [0.1, 0.15) is 5.82 Å². The molecule has 1 heterocycles. The summed E-state index contributed by atoms with van der Waals surface area (Å²) in [5.74, 6) is -0.670. The maximum atomic E-state index is 13.6. The second-order valence-electron chi connectivity index (χ2n) is 3.80. The van der Waals surface area contributed by atoms with E-state index < -0.39 is 0 Å². The van der Waals surface area contributed by atoms with E-state index in [-0.39, 0.29) is 18.3 Å². The fourth-order valence-corrected chi connectivity index (χ4v) is 1.51. The lowest BCUT2D eigenvalue weighted by Crippen LogP contribution is -2.22. The summed E-state index contributed by atoms with van der Waals surface area (Å²) in [6.07, 6.45) is 2.88. The fourth-order valence-electron chi connectivity index (χ4n) is 1.51. The predicted octanol–water partition coefficient (Wildman–Crippen LogP) is 0.937. The number of carbonyl (C=O) groups excluding carboxylic acids is 1. The molecule has 0 spiro atoms. The number of hydrogen-bond donors (Lipinski definition) is 3. The van der Waals surface area contributed by atoms with Crippen LogP contribution in [0.1, 0.15) is 21.5 Å². The first-order valence-corrected chi connectivity index (χ1v) is 5.45. The lowest BCUT2D eigenvalue weighted by Gasteiger charge is -2.06. The van der Waals surface area contributed by atoms with Crippen molar-refractivity contribution in [2.75, 3.05) is 0 Å². The Morgan fingerprint density at radius 2 is 2.33 bits per heavy atom. The average Bonchev–Trinajstić information content (AvgIpc) is 2.90. The van der Waals surface area contributed by atoms with Gasteiger partial charge in [0.05, 0.1) is 11.8 Å². The van der Waals surface area contributed by atoms with Gasteiger partial charge in [-0.1, -0.05) is 12.1 Å². The molecule has 94 valence electrons. The third-order valence-corrected chi connectivity index (χ3v) is 2.55. The molecule has 2 rings (SSSR count). The Kier molecular flexibility index (Phi) is 3.69. The molecule has 0 atom stereocenters. The van der Waals surface area contributed by atoms with Crippen LogP contribution in [0.2, 0.25) is 0 Å². The molecule has 1 aromatic heterocycles. The SMILES string of the molecule is NCc1ccc(CNC(=O)c2cn[nH]c2)c(F)c1. The molecule has 1 aromatic carbocycles. The van der Waals surface area contributed by atoms with Crippen LogP contribution in [0.25, 0.3) is 0 Å². The van der Waals surface area contributed by atoms with Crippen LogP contribution >= 0.6 is 0 Å². The monoisotopic (exact) mass is 248 g/mol. The number of amides is 1. The minimum Gasteiger partial charge on any atom is -0.348 e. The number of aromatic amines is 1. The van der Waals surface area contributed by atoms with Crippen molar-refractivity contribution < 1.29 is 9.18 Å². The molecule has 0 radical (unpaired) electrons. The minimum atomic E-state index is -0.370. The number of halogens is 1. The lowest BCUT2D eigenvalue weighted by molar-refractivity contribution is 0.0950. The molecule has 0 saturated heterocycles. The van der Waals surface area contributed by atoms with Crippen LogP contribution in [-0.2, 0) is 13.1 Å². The molecule has 0 aliphatic carbocycles. The molecule has 0 saturated carbocycles. The van der Waals surface area contributed by atoms with Gasteiger partial charge in [-0.15, -0.1) is 0 Å². The van der Waals surface area contributed by atoms with E-state index in [0.717, 1.165) is 5.56 Å². The molecule has 0 fully saturated rings. The summed E-state index contributed by atoms with van der Waals surface area (Å²) < 4.78 is 13.6. The Labute approximate surface area is 103 Å². The fraction of sp³-hybridized carbons (Fsp3) is 0.167. The largest absolute Gasteiger partial charge is 0.348 e. The quantitative estimate of drug-likeness (QED) is 0.752. The maximum Gasteiger partial charge on any atom is 0.254 e. The van der Waals surface area contributed by atoms with Gasteiger partial charge >= 0.3 is 0 Å². The third kappa shape index (κ3) is 2.72. The summed E-state index contributed by atoms with van der Waals surface area (Å²) in [5.41, 5.74) is 6.96. The zero-order valence-corrected chi connectivity index (χ0v) is 9.61. The lowest BCUT2D eigenvalue weighted by atomic mass is 10.1. The molecule has 2 aromatic rings. The smallest absolute Gasteiger partial charge is 0.254 e. The van der Waals surface area contributed by atoms with Crippen LogP contribution in [0.15, 0.2) is 30.6 Å². The van der Waals surface area contributed by atoms with Crippen molar-refractivity contribution in [3.63, 3.8) is 0 Å². The van der Waals surface area contributed by atoms with Gasteiger partial charge in [0.15, 0.2) is 0 Å².